The summed E-state index contributed by atoms with van der Waals surface area (Å²) in [4.78, 5) is 2.40. The number of rotatable bonds is 7. The second-order valence-corrected chi connectivity index (χ2v) is 11.8. The van der Waals surface area contributed by atoms with Crippen LogP contribution >= 0.6 is 0 Å². The lowest BCUT2D eigenvalue weighted by Crippen LogP contribution is -2.10. The number of hydrogen-bond donors (Lipinski definition) is 0. The zero-order valence-electron chi connectivity index (χ0n) is 26.0. The van der Waals surface area contributed by atoms with Crippen molar-refractivity contribution in [2.45, 2.75) is 0 Å². The highest BCUT2D eigenvalue weighted by Crippen LogP contribution is 2.42. The first-order valence-electron chi connectivity index (χ1n) is 16.1. The average Bonchev–Trinajstić information content (AvgIpc) is 3.16. The van der Waals surface area contributed by atoms with Crippen molar-refractivity contribution in [3.8, 4) is 44.5 Å². The molecule has 0 saturated carbocycles. The quantitative estimate of drug-likeness (QED) is 0.176. The first-order chi connectivity index (χ1) is 23.3. The molecule has 0 aromatic heterocycles. The normalized spacial score (nSPS) is 11.0. The molecule has 0 saturated heterocycles. The maximum atomic E-state index is 2.40. The molecule has 0 bridgehead atoms. The van der Waals surface area contributed by atoms with Crippen LogP contribution in [-0.4, -0.2) is 0 Å². The van der Waals surface area contributed by atoms with Crippen LogP contribution in [0.1, 0.15) is 0 Å². The van der Waals surface area contributed by atoms with E-state index in [4.69, 9.17) is 0 Å². The number of benzene rings is 8. The molecule has 0 unspecified atom stereocenters. The van der Waals surface area contributed by atoms with Gasteiger partial charge in [-0.2, -0.15) is 0 Å². The Labute approximate surface area is 276 Å². The van der Waals surface area contributed by atoms with E-state index in [-0.39, 0.29) is 0 Å². The molecule has 1 heteroatoms. The fraction of sp³-hybridized carbons (Fsp3) is 0. The lowest BCUT2D eigenvalue weighted by atomic mass is 9.96. The topological polar surface area (TPSA) is 3.24 Å². The van der Waals surface area contributed by atoms with Gasteiger partial charge in [0.2, 0.25) is 0 Å². The van der Waals surface area contributed by atoms with E-state index in [2.05, 4.69) is 205 Å². The van der Waals surface area contributed by atoms with Gasteiger partial charge in [-0.15, -0.1) is 0 Å². The monoisotopic (exact) mass is 599 g/mol. The van der Waals surface area contributed by atoms with E-state index >= 15 is 0 Å². The van der Waals surface area contributed by atoms with Crippen LogP contribution in [-0.2, 0) is 0 Å². The van der Waals surface area contributed by atoms with Crippen molar-refractivity contribution in [2.75, 3.05) is 4.90 Å². The molecular weight excluding hydrogens is 567 g/mol. The summed E-state index contributed by atoms with van der Waals surface area (Å²) in [6.45, 7) is 0. The van der Waals surface area contributed by atoms with E-state index < -0.39 is 0 Å². The Morgan fingerprint density at radius 2 is 0.681 bits per heavy atom. The lowest BCUT2D eigenvalue weighted by molar-refractivity contribution is 1.28. The highest BCUT2D eigenvalue weighted by molar-refractivity contribution is 5.97. The maximum absolute atomic E-state index is 2.40. The van der Waals surface area contributed by atoms with E-state index in [0.29, 0.717) is 0 Å². The van der Waals surface area contributed by atoms with Crippen LogP contribution in [0.3, 0.4) is 0 Å². The summed E-state index contributed by atoms with van der Waals surface area (Å²) >= 11 is 0. The van der Waals surface area contributed by atoms with Crippen LogP contribution in [0.5, 0.6) is 0 Å². The fourth-order valence-corrected chi connectivity index (χ4v) is 6.53. The van der Waals surface area contributed by atoms with Gasteiger partial charge < -0.3 is 4.90 Å². The molecule has 0 amide bonds. The Balaban J connectivity index is 1.36. The molecule has 0 spiro atoms. The Morgan fingerprint density at radius 3 is 1.30 bits per heavy atom. The predicted octanol–water partition coefficient (Wildman–Crippen LogP) is 13.0. The van der Waals surface area contributed by atoms with Crippen LogP contribution in [0.15, 0.2) is 200 Å². The molecule has 47 heavy (non-hydrogen) atoms. The van der Waals surface area contributed by atoms with Crippen LogP contribution < -0.4 is 4.90 Å². The number of fused-ring (bicyclic) bond motifs is 1. The molecule has 0 fully saturated rings. The third-order valence-electron chi connectivity index (χ3n) is 8.81. The number of nitrogens with zero attached hydrogens (tertiary/aromatic N) is 1. The van der Waals surface area contributed by atoms with E-state index in [1.54, 1.807) is 0 Å². The van der Waals surface area contributed by atoms with Crippen molar-refractivity contribution in [2.24, 2.45) is 0 Å². The summed E-state index contributed by atoms with van der Waals surface area (Å²) < 4.78 is 0. The molecule has 8 aromatic carbocycles. The second-order valence-electron chi connectivity index (χ2n) is 11.8. The van der Waals surface area contributed by atoms with Crippen molar-refractivity contribution < 1.29 is 0 Å². The van der Waals surface area contributed by atoms with Crippen molar-refractivity contribution >= 4 is 27.8 Å². The maximum Gasteiger partial charge on any atom is 0.0473 e. The van der Waals surface area contributed by atoms with Crippen molar-refractivity contribution in [3.05, 3.63) is 200 Å². The number of anilines is 3. The van der Waals surface area contributed by atoms with Gasteiger partial charge >= 0.3 is 0 Å². The molecule has 0 atom stereocenters. The zero-order chi connectivity index (χ0) is 31.4. The van der Waals surface area contributed by atoms with Gasteiger partial charge in [0.25, 0.3) is 0 Å². The molecule has 8 rings (SSSR count). The van der Waals surface area contributed by atoms with E-state index in [1.165, 1.54) is 55.3 Å². The molecule has 0 N–H and O–H groups in total. The summed E-state index contributed by atoms with van der Waals surface area (Å²) in [5.41, 5.74) is 12.8. The highest BCUT2D eigenvalue weighted by Gasteiger charge is 2.17. The van der Waals surface area contributed by atoms with E-state index in [0.717, 1.165) is 17.1 Å². The Bertz CT molecular complexity index is 2230. The zero-order valence-corrected chi connectivity index (χ0v) is 26.0. The van der Waals surface area contributed by atoms with Crippen molar-refractivity contribution in [3.63, 3.8) is 0 Å². The Hall–Kier alpha value is -6.18. The van der Waals surface area contributed by atoms with Crippen molar-refractivity contribution in [1.29, 1.82) is 0 Å². The van der Waals surface area contributed by atoms with Crippen LogP contribution in [0, 0.1) is 0 Å². The SMILES string of the molecule is c1ccc(-c2cccc(N(c3cc(-c4ccccc4)cc(-c4ccccc4)c3)c3cccc(-c4cccc5ccccc45)c3)c2)cc1. The molecule has 0 aliphatic carbocycles. The molecular formula is C46H33N. The molecule has 222 valence electrons. The van der Waals surface area contributed by atoms with Crippen LogP contribution in [0.2, 0.25) is 0 Å². The third-order valence-corrected chi connectivity index (χ3v) is 8.81. The molecule has 1 nitrogen and oxygen atoms in total. The molecule has 8 aromatic rings. The first kappa shape index (κ1) is 28.3. The summed E-state index contributed by atoms with van der Waals surface area (Å²) in [5, 5.41) is 2.49. The fourth-order valence-electron chi connectivity index (χ4n) is 6.53. The van der Waals surface area contributed by atoms with Gasteiger partial charge in [-0.25, -0.2) is 0 Å². The third kappa shape index (κ3) is 5.83. The smallest absolute Gasteiger partial charge is 0.0473 e. The minimum absolute atomic E-state index is 1.10. The van der Waals surface area contributed by atoms with Gasteiger partial charge in [0, 0.05) is 17.1 Å². The minimum atomic E-state index is 1.10. The van der Waals surface area contributed by atoms with Gasteiger partial charge in [-0.05, 0) is 97.7 Å². The Kier molecular flexibility index (Phi) is 7.63. The molecule has 0 aliphatic rings. The molecule has 0 aliphatic heterocycles. The largest absolute Gasteiger partial charge is 0.310 e. The standard InChI is InChI=1S/C46H33N/c1-4-15-34(16-5-1)38-23-12-25-42(30-38)47(43-26-13-24-39(31-43)46-28-14-22-37-21-10-11-27-45(37)46)44-32-40(35-17-6-2-7-18-35)29-41(33-44)36-19-8-3-9-20-36/h1-33H. The highest BCUT2D eigenvalue weighted by atomic mass is 15.1. The second kappa shape index (κ2) is 12.7. The molecule has 0 heterocycles. The summed E-state index contributed by atoms with van der Waals surface area (Å²) in [6, 6.07) is 71.9. The van der Waals surface area contributed by atoms with E-state index in [1.807, 2.05) is 0 Å². The van der Waals surface area contributed by atoms with Gasteiger partial charge in [-0.3, -0.25) is 0 Å². The predicted molar refractivity (Wildman–Crippen MR) is 200 cm³/mol. The van der Waals surface area contributed by atoms with Gasteiger partial charge in [0.15, 0.2) is 0 Å². The van der Waals surface area contributed by atoms with Gasteiger partial charge in [0.05, 0.1) is 0 Å². The summed E-state index contributed by atoms with van der Waals surface area (Å²) in [6.07, 6.45) is 0. The average molecular weight is 600 g/mol. The van der Waals surface area contributed by atoms with Crippen LogP contribution in [0.4, 0.5) is 17.1 Å². The number of hydrogen-bond acceptors (Lipinski definition) is 1. The lowest BCUT2D eigenvalue weighted by Gasteiger charge is -2.28. The first-order valence-corrected chi connectivity index (χ1v) is 16.1. The minimum Gasteiger partial charge on any atom is -0.310 e. The molecule has 0 radical (unpaired) electrons. The van der Waals surface area contributed by atoms with Crippen LogP contribution in [0.25, 0.3) is 55.3 Å². The van der Waals surface area contributed by atoms with Gasteiger partial charge in [-0.1, -0.05) is 158 Å². The summed E-state index contributed by atoms with van der Waals surface area (Å²) in [5.74, 6) is 0. The van der Waals surface area contributed by atoms with Gasteiger partial charge in [0.1, 0.15) is 0 Å². The van der Waals surface area contributed by atoms with Crippen molar-refractivity contribution in [1.82, 2.24) is 0 Å². The Morgan fingerprint density at radius 1 is 0.255 bits per heavy atom. The van der Waals surface area contributed by atoms with E-state index in [9.17, 15) is 0 Å². The summed E-state index contributed by atoms with van der Waals surface area (Å²) in [7, 11) is 0.